The standard InChI is InChI=1S/C23H25N3O3S/c1-23(2,3)25-19(27)15-30-22-24-20(28)18(14-16-10-6-4-7-11-16)21(29)26(22)17-12-8-5-9-13-17/h4-13,28H,14-15H2,1-3H3,(H,25,27). The average Bonchev–Trinajstić information content (AvgIpc) is 2.69. The Balaban J connectivity index is 2.00. The lowest BCUT2D eigenvalue weighted by atomic mass is 10.1. The number of rotatable bonds is 6. The Bertz CT molecular complexity index is 1070. The van der Waals surface area contributed by atoms with Crippen molar-refractivity contribution in [2.75, 3.05) is 5.75 Å². The van der Waals surface area contributed by atoms with Gasteiger partial charge in [-0.25, -0.2) is 0 Å². The number of benzene rings is 2. The predicted molar refractivity (Wildman–Crippen MR) is 119 cm³/mol. The van der Waals surface area contributed by atoms with Gasteiger partial charge in [-0.2, -0.15) is 4.98 Å². The summed E-state index contributed by atoms with van der Waals surface area (Å²) in [5.74, 6) is -0.405. The van der Waals surface area contributed by atoms with Gasteiger partial charge in [0.05, 0.1) is 17.0 Å². The maximum absolute atomic E-state index is 13.3. The van der Waals surface area contributed by atoms with Crippen LogP contribution < -0.4 is 10.9 Å². The zero-order valence-corrected chi connectivity index (χ0v) is 18.1. The fourth-order valence-corrected chi connectivity index (χ4v) is 3.77. The molecule has 1 aromatic heterocycles. The van der Waals surface area contributed by atoms with E-state index in [1.54, 1.807) is 12.1 Å². The van der Waals surface area contributed by atoms with Gasteiger partial charge >= 0.3 is 0 Å². The quantitative estimate of drug-likeness (QED) is 0.468. The van der Waals surface area contributed by atoms with Gasteiger partial charge in [-0.3, -0.25) is 14.2 Å². The number of hydrogen-bond acceptors (Lipinski definition) is 5. The van der Waals surface area contributed by atoms with Crippen LogP contribution in [0.3, 0.4) is 0 Å². The van der Waals surface area contributed by atoms with Gasteiger partial charge in [0.2, 0.25) is 11.8 Å². The second kappa shape index (κ2) is 9.17. The second-order valence-electron chi connectivity index (χ2n) is 7.92. The minimum Gasteiger partial charge on any atom is -0.493 e. The van der Waals surface area contributed by atoms with Crippen molar-refractivity contribution in [1.82, 2.24) is 14.9 Å². The van der Waals surface area contributed by atoms with Crippen molar-refractivity contribution >= 4 is 17.7 Å². The van der Waals surface area contributed by atoms with E-state index in [-0.39, 0.29) is 45.8 Å². The van der Waals surface area contributed by atoms with E-state index in [0.717, 1.165) is 17.3 Å². The Kier molecular flexibility index (Phi) is 6.62. The Morgan fingerprint density at radius 1 is 1.07 bits per heavy atom. The van der Waals surface area contributed by atoms with Gasteiger partial charge in [-0.15, -0.1) is 0 Å². The van der Waals surface area contributed by atoms with Crippen LogP contribution in [0.1, 0.15) is 31.9 Å². The number of nitrogens with zero attached hydrogens (tertiary/aromatic N) is 2. The summed E-state index contributed by atoms with van der Waals surface area (Å²) in [6, 6.07) is 18.6. The summed E-state index contributed by atoms with van der Waals surface area (Å²) in [6.07, 6.45) is 0.265. The van der Waals surface area contributed by atoms with Crippen molar-refractivity contribution in [3.63, 3.8) is 0 Å². The summed E-state index contributed by atoms with van der Waals surface area (Å²) in [5.41, 5.74) is 1.04. The largest absolute Gasteiger partial charge is 0.493 e. The molecular formula is C23H25N3O3S. The van der Waals surface area contributed by atoms with Crippen LogP contribution in [0.5, 0.6) is 5.88 Å². The lowest BCUT2D eigenvalue weighted by Crippen LogP contribution is -2.41. The minimum atomic E-state index is -0.355. The number of para-hydroxylation sites is 1. The highest BCUT2D eigenvalue weighted by Gasteiger charge is 2.20. The van der Waals surface area contributed by atoms with Crippen LogP contribution in [0.2, 0.25) is 0 Å². The number of nitrogens with one attached hydrogen (secondary N) is 1. The molecule has 0 atom stereocenters. The van der Waals surface area contributed by atoms with E-state index in [0.29, 0.717) is 5.69 Å². The SMILES string of the molecule is CC(C)(C)NC(=O)CSc1nc(O)c(Cc2ccccc2)c(=O)n1-c1ccccc1. The molecule has 0 aliphatic carbocycles. The van der Waals surface area contributed by atoms with E-state index in [9.17, 15) is 14.7 Å². The van der Waals surface area contributed by atoms with E-state index >= 15 is 0 Å². The smallest absolute Gasteiger partial charge is 0.266 e. The van der Waals surface area contributed by atoms with E-state index in [1.807, 2.05) is 69.3 Å². The van der Waals surface area contributed by atoms with Gasteiger partial charge < -0.3 is 10.4 Å². The number of hydrogen-bond donors (Lipinski definition) is 2. The zero-order chi connectivity index (χ0) is 21.7. The molecular weight excluding hydrogens is 398 g/mol. The summed E-state index contributed by atoms with van der Waals surface area (Å²) in [4.78, 5) is 29.9. The molecule has 0 aliphatic heterocycles. The highest BCUT2D eigenvalue weighted by molar-refractivity contribution is 7.99. The fourth-order valence-electron chi connectivity index (χ4n) is 2.97. The molecule has 1 heterocycles. The van der Waals surface area contributed by atoms with Gasteiger partial charge in [-0.05, 0) is 38.5 Å². The van der Waals surface area contributed by atoms with Crippen LogP contribution in [0.15, 0.2) is 70.6 Å². The van der Waals surface area contributed by atoms with Gasteiger partial charge in [0.1, 0.15) is 0 Å². The maximum Gasteiger partial charge on any atom is 0.266 e. The molecule has 7 heteroatoms. The van der Waals surface area contributed by atoms with Crippen LogP contribution in [0.25, 0.3) is 5.69 Å². The van der Waals surface area contributed by atoms with Crippen LogP contribution in [0.4, 0.5) is 0 Å². The van der Waals surface area contributed by atoms with E-state index in [1.165, 1.54) is 4.57 Å². The van der Waals surface area contributed by atoms with Crippen molar-refractivity contribution in [3.8, 4) is 11.6 Å². The van der Waals surface area contributed by atoms with Gasteiger partial charge in [0.15, 0.2) is 5.16 Å². The molecule has 6 nitrogen and oxygen atoms in total. The lowest BCUT2D eigenvalue weighted by Gasteiger charge is -2.20. The van der Waals surface area contributed by atoms with E-state index in [2.05, 4.69) is 10.3 Å². The van der Waals surface area contributed by atoms with Crippen molar-refractivity contribution in [2.45, 2.75) is 37.9 Å². The molecule has 156 valence electrons. The molecule has 0 fully saturated rings. The average molecular weight is 424 g/mol. The zero-order valence-electron chi connectivity index (χ0n) is 17.3. The van der Waals surface area contributed by atoms with Crippen molar-refractivity contribution < 1.29 is 9.90 Å². The summed E-state index contributed by atoms with van der Waals surface area (Å²) < 4.78 is 1.45. The molecule has 3 rings (SSSR count). The van der Waals surface area contributed by atoms with Crippen molar-refractivity contribution in [1.29, 1.82) is 0 Å². The molecule has 1 amide bonds. The molecule has 3 aromatic rings. The van der Waals surface area contributed by atoms with E-state index < -0.39 is 0 Å². The molecule has 2 N–H and O–H groups in total. The number of carbonyl (C=O) groups is 1. The number of carbonyl (C=O) groups excluding carboxylic acids is 1. The predicted octanol–water partition coefficient (Wildman–Crippen LogP) is 3.54. The molecule has 0 aliphatic rings. The second-order valence-corrected chi connectivity index (χ2v) is 8.86. The number of amides is 1. The summed E-state index contributed by atoms with van der Waals surface area (Å²) in [6.45, 7) is 5.70. The topological polar surface area (TPSA) is 84.2 Å². The molecule has 0 radical (unpaired) electrons. The maximum atomic E-state index is 13.3. The monoisotopic (exact) mass is 423 g/mol. The van der Waals surface area contributed by atoms with Crippen LogP contribution in [-0.4, -0.2) is 31.9 Å². The van der Waals surface area contributed by atoms with Gasteiger partial charge in [0, 0.05) is 12.0 Å². The Morgan fingerprint density at radius 3 is 2.27 bits per heavy atom. The highest BCUT2D eigenvalue weighted by Crippen LogP contribution is 2.24. The van der Waals surface area contributed by atoms with Crippen molar-refractivity contribution in [2.24, 2.45) is 0 Å². The molecule has 0 saturated carbocycles. The Hall–Kier alpha value is -3.06. The first-order valence-corrected chi connectivity index (χ1v) is 10.6. The highest BCUT2D eigenvalue weighted by atomic mass is 32.2. The van der Waals surface area contributed by atoms with E-state index in [4.69, 9.17) is 0 Å². The number of aromatic nitrogens is 2. The third-order valence-electron chi connectivity index (χ3n) is 4.21. The molecule has 0 bridgehead atoms. The summed E-state index contributed by atoms with van der Waals surface area (Å²) in [7, 11) is 0. The number of aromatic hydroxyl groups is 1. The summed E-state index contributed by atoms with van der Waals surface area (Å²) >= 11 is 1.11. The first kappa shape index (κ1) is 21.6. The minimum absolute atomic E-state index is 0.0774. The molecule has 0 unspecified atom stereocenters. The van der Waals surface area contributed by atoms with Gasteiger partial charge in [0.25, 0.3) is 5.56 Å². The fraction of sp³-hybridized carbons (Fsp3) is 0.261. The molecule has 0 saturated heterocycles. The lowest BCUT2D eigenvalue weighted by molar-refractivity contribution is -0.119. The molecule has 30 heavy (non-hydrogen) atoms. The van der Waals surface area contributed by atoms with Crippen LogP contribution in [-0.2, 0) is 11.2 Å². The van der Waals surface area contributed by atoms with Crippen LogP contribution >= 0.6 is 11.8 Å². The summed E-state index contributed by atoms with van der Waals surface area (Å²) in [5, 5.41) is 13.7. The Labute approximate surface area is 180 Å². The third-order valence-corrected chi connectivity index (χ3v) is 5.15. The molecule has 2 aromatic carbocycles. The first-order valence-electron chi connectivity index (χ1n) is 9.62. The first-order chi connectivity index (χ1) is 14.2. The third kappa shape index (κ3) is 5.51. The Morgan fingerprint density at radius 2 is 1.67 bits per heavy atom. The van der Waals surface area contributed by atoms with Crippen LogP contribution in [0, 0.1) is 0 Å². The normalized spacial score (nSPS) is 11.3. The van der Waals surface area contributed by atoms with Crippen molar-refractivity contribution in [3.05, 3.63) is 82.1 Å². The number of thioether (sulfide) groups is 1. The molecule has 0 spiro atoms. The van der Waals surface area contributed by atoms with Gasteiger partial charge in [-0.1, -0.05) is 60.3 Å².